The van der Waals surface area contributed by atoms with Gasteiger partial charge < -0.3 is 14.4 Å². The van der Waals surface area contributed by atoms with Crippen LogP contribution >= 0.6 is 0 Å². The summed E-state index contributed by atoms with van der Waals surface area (Å²) in [5, 5.41) is 0. The molecular weight excluding hydrogens is 238 g/mol. The van der Waals surface area contributed by atoms with Crippen LogP contribution in [0.25, 0.3) is 0 Å². The SMILES string of the molecule is [CH2]CCCN1C[C@@H]2COc3ccc(OC)cc3[C@@H]2C1. The molecule has 1 aromatic rings. The maximum absolute atomic E-state index is 5.90. The van der Waals surface area contributed by atoms with Gasteiger partial charge in [0.1, 0.15) is 11.5 Å². The van der Waals surface area contributed by atoms with Crippen molar-refractivity contribution in [3.05, 3.63) is 30.7 Å². The molecule has 1 aromatic carbocycles. The highest BCUT2D eigenvalue weighted by Gasteiger charge is 2.38. The fourth-order valence-electron chi connectivity index (χ4n) is 3.27. The van der Waals surface area contributed by atoms with E-state index in [1.807, 2.05) is 12.1 Å². The number of likely N-dealkylation sites (tertiary alicyclic amines) is 1. The zero-order chi connectivity index (χ0) is 13.2. The second-order valence-electron chi connectivity index (χ2n) is 5.55. The van der Waals surface area contributed by atoms with Crippen molar-refractivity contribution in [1.29, 1.82) is 0 Å². The molecule has 2 heterocycles. The van der Waals surface area contributed by atoms with Gasteiger partial charge in [0.25, 0.3) is 0 Å². The predicted octanol–water partition coefficient (Wildman–Crippen LogP) is 2.72. The fourth-order valence-corrected chi connectivity index (χ4v) is 3.27. The Labute approximate surface area is 115 Å². The van der Waals surface area contributed by atoms with Crippen molar-refractivity contribution in [1.82, 2.24) is 4.90 Å². The molecule has 0 aliphatic carbocycles. The van der Waals surface area contributed by atoms with E-state index in [2.05, 4.69) is 17.9 Å². The number of nitrogens with zero attached hydrogens (tertiary/aromatic N) is 1. The Kier molecular flexibility index (Phi) is 3.65. The van der Waals surface area contributed by atoms with Crippen LogP contribution < -0.4 is 9.47 Å². The number of hydrogen-bond donors (Lipinski definition) is 0. The van der Waals surface area contributed by atoms with E-state index < -0.39 is 0 Å². The first-order valence-corrected chi connectivity index (χ1v) is 7.14. The summed E-state index contributed by atoms with van der Waals surface area (Å²) in [6, 6.07) is 6.18. The van der Waals surface area contributed by atoms with Crippen molar-refractivity contribution >= 4 is 0 Å². The Morgan fingerprint density at radius 3 is 3.11 bits per heavy atom. The molecule has 2 aliphatic heterocycles. The van der Waals surface area contributed by atoms with E-state index in [0.29, 0.717) is 11.8 Å². The minimum absolute atomic E-state index is 0.601. The molecule has 103 valence electrons. The van der Waals surface area contributed by atoms with Crippen molar-refractivity contribution in [3.8, 4) is 11.5 Å². The topological polar surface area (TPSA) is 21.7 Å². The molecule has 1 saturated heterocycles. The number of fused-ring (bicyclic) bond motifs is 3. The number of benzene rings is 1. The first kappa shape index (κ1) is 12.8. The Hall–Kier alpha value is -1.22. The molecule has 0 spiro atoms. The van der Waals surface area contributed by atoms with Crippen LogP contribution in [0.5, 0.6) is 11.5 Å². The third-order valence-electron chi connectivity index (χ3n) is 4.31. The van der Waals surface area contributed by atoms with Crippen LogP contribution in [0, 0.1) is 12.8 Å². The van der Waals surface area contributed by atoms with Gasteiger partial charge >= 0.3 is 0 Å². The number of methoxy groups -OCH3 is 1. The van der Waals surface area contributed by atoms with Crippen LogP contribution in [0.3, 0.4) is 0 Å². The van der Waals surface area contributed by atoms with E-state index in [4.69, 9.17) is 9.47 Å². The van der Waals surface area contributed by atoms with E-state index in [9.17, 15) is 0 Å². The second-order valence-corrected chi connectivity index (χ2v) is 5.55. The van der Waals surface area contributed by atoms with Crippen LogP contribution in [-0.4, -0.2) is 38.3 Å². The average molecular weight is 260 g/mol. The molecule has 0 amide bonds. The summed E-state index contributed by atoms with van der Waals surface area (Å²) in [7, 11) is 1.72. The van der Waals surface area contributed by atoms with Gasteiger partial charge in [-0.05, 0) is 31.2 Å². The largest absolute Gasteiger partial charge is 0.497 e. The number of ether oxygens (including phenoxy) is 2. The lowest BCUT2D eigenvalue weighted by atomic mass is 9.87. The van der Waals surface area contributed by atoms with E-state index >= 15 is 0 Å². The van der Waals surface area contributed by atoms with E-state index in [1.54, 1.807) is 7.11 Å². The van der Waals surface area contributed by atoms with Gasteiger partial charge in [0, 0.05) is 30.5 Å². The van der Waals surface area contributed by atoms with Crippen molar-refractivity contribution in [2.24, 2.45) is 5.92 Å². The summed E-state index contributed by atoms with van der Waals surface area (Å²) in [5.74, 6) is 3.20. The Balaban J connectivity index is 1.79. The summed E-state index contributed by atoms with van der Waals surface area (Å²) >= 11 is 0. The minimum Gasteiger partial charge on any atom is -0.497 e. The van der Waals surface area contributed by atoms with Crippen molar-refractivity contribution in [2.45, 2.75) is 18.8 Å². The number of rotatable bonds is 4. The highest BCUT2D eigenvalue weighted by Crippen LogP contribution is 2.42. The van der Waals surface area contributed by atoms with Crippen LogP contribution in [0.2, 0.25) is 0 Å². The van der Waals surface area contributed by atoms with Crippen LogP contribution in [0.15, 0.2) is 18.2 Å². The van der Waals surface area contributed by atoms with Gasteiger partial charge in [0.2, 0.25) is 0 Å². The molecule has 0 bridgehead atoms. The zero-order valence-corrected chi connectivity index (χ0v) is 11.6. The quantitative estimate of drug-likeness (QED) is 0.831. The average Bonchev–Trinajstić information content (AvgIpc) is 2.87. The molecule has 1 fully saturated rings. The van der Waals surface area contributed by atoms with Crippen LogP contribution in [0.4, 0.5) is 0 Å². The third kappa shape index (κ3) is 2.44. The van der Waals surface area contributed by atoms with E-state index in [1.165, 1.54) is 12.0 Å². The zero-order valence-electron chi connectivity index (χ0n) is 11.6. The fraction of sp³-hybridized carbons (Fsp3) is 0.562. The summed E-state index contributed by atoms with van der Waals surface area (Å²) in [6.45, 7) is 8.24. The monoisotopic (exact) mass is 260 g/mol. The first-order chi connectivity index (χ1) is 9.31. The van der Waals surface area contributed by atoms with E-state index in [-0.39, 0.29) is 0 Å². The van der Waals surface area contributed by atoms with Gasteiger partial charge in [0.15, 0.2) is 0 Å². The number of hydrogen-bond acceptors (Lipinski definition) is 3. The molecular formula is C16H22NO2. The normalized spacial score (nSPS) is 25.6. The lowest BCUT2D eigenvalue weighted by molar-refractivity contribution is 0.212. The summed E-state index contributed by atoms with van der Waals surface area (Å²) in [6.07, 6.45) is 2.21. The Morgan fingerprint density at radius 1 is 1.42 bits per heavy atom. The lowest BCUT2D eigenvalue weighted by Crippen LogP contribution is -2.25. The molecule has 3 rings (SSSR count). The third-order valence-corrected chi connectivity index (χ3v) is 4.31. The molecule has 1 radical (unpaired) electrons. The lowest BCUT2D eigenvalue weighted by Gasteiger charge is -2.28. The smallest absolute Gasteiger partial charge is 0.123 e. The number of unbranched alkanes of at least 4 members (excludes halogenated alkanes) is 1. The van der Waals surface area contributed by atoms with Crippen LogP contribution in [0.1, 0.15) is 24.3 Å². The predicted molar refractivity (Wildman–Crippen MR) is 75.8 cm³/mol. The van der Waals surface area contributed by atoms with E-state index in [0.717, 1.165) is 44.2 Å². The molecule has 3 nitrogen and oxygen atoms in total. The molecule has 0 N–H and O–H groups in total. The van der Waals surface area contributed by atoms with Crippen molar-refractivity contribution in [3.63, 3.8) is 0 Å². The van der Waals surface area contributed by atoms with Gasteiger partial charge in [-0.3, -0.25) is 0 Å². The molecule has 0 aromatic heterocycles. The van der Waals surface area contributed by atoms with Crippen LogP contribution in [-0.2, 0) is 0 Å². The van der Waals surface area contributed by atoms with Gasteiger partial charge in [-0.1, -0.05) is 13.3 Å². The summed E-state index contributed by atoms with van der Waals surface area (Å²) in [4.78, 5) is 2.55. The highest BCUT2D eigenvalue weighted by molar-refractivity contribution is 5.44. The summed E-state index contributed by atoms with van der Waals surface area (Å²) < 4.78 is 11.2. The maximum atomic E-state index is 5.90. The molecule has 2 atom stereocenters. The molecule has 19 heavy (non-hydrogen) atoms. The first-order valence-electron chi connectivity index (χ1n) is 7.14. The van der Waals surface area contributed by atoms with Crippen molar-refractivity contribution < 1.29 is 9.47 Å². The van der Waals surface area contributed by atoms with Crippen molar-refractivity contribution in [2.75, 3.05) is 33.4 Å². The van der Waals surface area contributed by atoms with Gasteiger partial charge in [-0.25, -0.2) is 0 Å². The van der Waals surface area contributed by atoms with Gasteiger partial charge in [-0.2, -0.15) is 0 Å². The maximum Gasteiger partial charge on any atom is 0.123 e. The standard InChI is InChI=1S/C16H22NO2/c1-3-4-7-17-9-12-11-19-16-6-5-13(18-2)8-14(16)15(12)10-17/h5-6,8,12,15H,1,3-4,7,9-11H2,2H3/t12-,15-/m1/s1. The second kappa shape index (κ2) is 5.41. The minimum atomic E-state index is 0.601. The molecule has 3 heteroatoms. The summed E-state index contributed by atoms with van der Waals surface area (Å²) in [5.41, 5.74) is 1.33. The highest BCUT2D eigenvalue weighted by atomic mass is 16.5. The van der Waals surface area contributed by atoms with Gasteiger partial charge in [0.05, 0.1) is 13.7 Å². The Bertz CT molecular complexity index is 446. The molecule has 0 unspecified atom stereocenters. The Morgan fingerprint density at radius 2 is 2.32 bits per heavy atom. The molecule has 2 aliphatic rings. The van der Waals surface area contributed by atoms with Gasteiger partial charge in [-0.15, -0.1) is 0 Å². The molecule has 0 saturated carbocycles.